The van der Waals surface area contributed by atoms with Gasteiger partial charge < -0.3 is 14.2 Å². The Morgan fingerprint density at radius 3 is 3.00 bits per heavy atom. The van der Waals surface area contributed by atoms with Crippen molar-refractivity contribution in [1.82, 2.24) is 0 Å². The fourth-order valence-corrected chi connectivity index (χ4v) is 2.47. The summed E-state index contributed by atoms with van der Waals surface area (Å²) in [4.78, 5) is 0. The van der Waals surface area contributed by atoms with E-state index in [1.807, 2.05) is 12.1 Å². The van der Waals surface area contributed by atoms with E-state index in [4.69, 9.17) is 31.1 Å². The summed E-state index contributed by atoms with van der Waals surface area (Å²) < 4.78 is 16.5. The molecule has 0 aromatic heterocycles. The second kappa shape index (κ2) is 6.04. The fraction of sp³-hybridized carbons (Fsp3) is 0.188. The molecule has 1 aliphatic heterocycles. The van der Waals surface area contributed by atoms with E-state index in [9.17, 15) is 0 Å². The molecule has 3 rings (SSSR count). The maximum Gasteiger partial charge on any atom is 0.189 e. The van der Waals surface area contributed by atoms with Crippen molar-refractivity contribution in [2.24, 2.45) is 0 Å². The molecule has 0 atom stereocenters. The molecule has 0 saturated heterocycles. The van der Waals surface area contributed by atoms with Gasteiger partial charge in [-0.05, 0) is 24.3 Å². The first kappa shape index (κ1) is 13.7. The van der Waals surface area contributed by atoms with E-state index < -0.39 is 0 Å². The zero-order chi connectivity index (χ0) is 14.7. The monoisotopic (exact) mass is 301 g/mol. The summed E-state index contributed by atoms with van der Waals surface area (Å²) >= 11 is 6.10. The quantitative estimate of drug-likeness (QED) is 0.868. The lowest BCUT2D eigenvalue weighted by molar-refractivity contribution is -0.0175. The van der Waals surface area contributed by atoms with Crippen LogP contribution >= 0.6 is 11.6 Å². The van der Waals surface area contributed by atoms with Gasteiger partial charge in [0.15, 0.2) is 6.79 Å². The smallest absolute Gasteiger partial charge is 0.189 e. The number of halogens is 1. The first-order valence-corrected chi connectivity index (χ1v) is 6.79. The van der Waals surface area contributed by atoms with Crippen molar-refractivity contribution < 1.29 is 14.2 Å². The minimum absolute atomic E-state index is 0.219. The minimum atomic E-state index is 0.219. The Morgan fingerprint density at radius 2 is 2.14 bits per heavy atom. The van der Waals surface area contributed by atoms with Crippen molar-refractivity contribution >= 4 is 11.6 Å². The number of nitrogens with zero attached hydrogens (tertiary/aromatic N) is 1. The summed E-state index contributed by atoms with van der Waals surface area (Å²) in [6.45, 7) is 0.968. The third-order valence-electron chi connectivity index (χ3n) is 3.14. The molecule has 0 fully saturated rings. The highest BCUT2D eigenvalue weighted by molar-refractivity contribution is 6.30. The maximum atomic E-state index is 9.06. The molecule has 0 N–H and O–H groups in total. The standard InChI is InChI=1S/C16H12ClNO3/c17-14-5-12-8-19-10-21-16(12)13(6-14)9-20-15-4-2-1-3-11(15)7-18/h1-6H,8-10H2. The second-order valence-corrected chi connectivity index (χ2v) is 5.00. The van der Waals surface area contributed by atoms with Crippen LogP contribution in [0.1, 0.15) is 16.7 Å². The summed E-state index contributed by atoms with van der Waals surface area (Å²) in [5.74, 6) is 1.29. The fourth-order valence-electron chi connectivity index (χ4n) is 2.20. The van der Waals surface area contributed by atoms with Gasteiger partial charge in [0.25, 0.3) is 0 Å². The van der Waals surface area contributed by atoms with Gasteiger partial charge in [0, 0.05) is 16.1 Å². The van der Waals surface area contributed by atoms with Crippen LogP contribution in [0.3, 0.4) is 0 Å². The summed E-state index contributed by atoms with van der Waals surface area (Å²) in [6.07, 6.45) is 0. The van der Waals surface area contributed by atoms with Crippen molar-refractivity contribution in [2.75, 3.05) is 6.79 Å². The molecule has 0 amide bonds. The molecule has 106 valence electrons. The first-order chi connectivity index (χ1) is 10.3. The van der Waals surface area contributed by atoms with E-state index >= 15 is 0 Å². The van der Waals surface area contributed by atoms with Gasteiger partial charge in [-0.1, -0.05) is 23.7 Å². The van der Waals surface area contributed by atoms with Crippen LogP contribution in [0.15, 0.2) is 36.4 Å². The summed E-state index contributed by atoms with van der Waals surface area (Å²) in [7, 11) is 0. The number of hydrogen-bond donors (Lipinski definition) is 0. The molecule has 0 spiro atoms. The Balaban J connectivity index is 1.85. The van der Waals surface area contributed by atoms with E-state index in [1.54, 1.807) is 24.3 Å². The van der Waals surface area contributed by atoms with Crippen molar-refractivity contribution in [3.8, 4) is 17.6 Å². The van der Waals surface area contributed by atoms with E-state index in [-0.39, 0.29) is 13.4 Å². The number of benzene rings is 2. The highest BCUT2D eigenvalue weighted by Crippen LogP contribution is 2.32. The van der Waals surface area contributed by atoms with Crippen molar-refractivity contribution in [3.05, 3.63) is 58.1 Å². The number of nitriles is 1. The van der Waals surface area contributed by atoms with Crippen LogP contribution in [0.5, 0.6) is 11.5 Å². The lowest BCUT2D eigenvalue weighted by Crippen LogP contribution is -2.14. The van der Waals surface area contributed by atoms with Crippen LogP contribution in [-0.2, 0) is 18.0 Å². The van der Waals surface area contributed by atoms with E-state index in [0.29, 0.717) is 22.9 Å². The molecule has 0 aliphatic carbocycles. The number of para-hydroxylation sites is 1. The van der Waals surface area contributed by atoms with Crippen molar-refractivity contribution in [3.63, 3.8) is 0 Å². The molecule has 2 aromatic rings. The summed E-state index contributed by atoms with van der Waals surface area (Å²) in [5, 5.41) is 9.67. The lowest BCUT2D eigenvalue weighted by Gasteiger charge is -2.21. The van der Waals surface area contributed by atoms with Crippen LogP contribution in [-0.4, -0.2) is 6.79 Å². The predicted molar refractivity (Wildman–Crippen MR) is 77.2 cm³/mol. The van der Waals surface area contributed by atoms with Crippen LogP contribution < -0.4 is 9.47 Å². The van der Waals surface area contributed by atoms with Crippen LogP contribution in [0, 0.1) is 11.3 Å². The third-order valence-corrected chi connectivity index (χ3v) is 3.36. The van der Waals surface area contributed by atoms with Crippen LogP contribution in [0.4, 0.5) is 0 Å². The number of hydrogen-bond acceptors (Lipinski definition) is 4. The van der Waals surface area contributed by atoms with Gasteiger partial charge >= 0.3 is 0 Å². The van der Waals surface area contributed by atoms with Gasteiger partial charge in [-0.25, -0.2) is 0 Å². The average Bonchev–Trinajstić information content (AvgIpc) is 2.52. The Kier molecular flexibility index (Phi) is 3.96. The highest BCUT2D eigenvalue weighted by atomic mass is 35.5. The van der Waals surface area contributed by atoms with Crippen molar-refractivity contribution in [1.29, 1.82) is 5.26 Å². The molecule has 0 radical (unpaired) electrons. The molecule has 1 aliphatic rings. The Morgan fingerprint density at radius 1 is 1.29 bits per heavy atom. The Hall–Kier alpha value is -2.22. The van der Waals surface area contributed by atoms with E-state index in [1.165, 1.54) is 0 Å². The lowest BCUT2D eigenvalue weighted by atomic mass is 10.1. The SMILES string of the molecule is N#Cc1ccccc1OCc1cc(Cl)cc2c1OCOC2. The van der Waals surface area contributed by atoms with E-state index in [2.05, 4.69) is 6.07 Å². The number of rotatable bonds is 3. The second-order valence-electron chi connectivity index (χ2n) is 4.56. The van der Waals surface area contributed by atoms with Gasteiger partial charge in [0.2, 0.25) is 0 Å². The predicted octanol–water partition coefficient (Wildman–Crippen LogP) is 3.66. The third kappa shape index (κ3) is 2.94. The Labute approximate surface area is 127 Å². The van der Waals surface area contributed by atoms with Gasteiger partial charge in [-0.2, -0.15) is 5.26 Å². The molecule has 4 nitrogen and oxygen atoms in total. The van der Waals surface area contributed by atoms with Gasteiger partial charge in [0.05, 0.1) is 12.2 Å². The number of fused-ring (bicyclic) bond motifs is 1. The van der Waals surface area contributed by atoms with E-state index in [0.717, 1.165) is 16.9 Å². The van der Waals surface area contributed by atoms with Gasteiger partial charge in [-0.15, -0.1) is 0 Å². The molecular formula is C16H12ClNO3. The van der Waals surface area contributed by atoms with Crippen LogP contribution in [0.25, 0.3) is 0 Å². The molecule has 0 saturated carbocycles. The maximum absolute atomic E-state index is 9.06. The average molecular weight is 302 g/mol. The molecule has 0 bridgehead atoms. The van der Waals surface area contributed by atoms with Crippen molar-refractivity contribution in [2.45, 2.75) is 13.2 Å². The molecule has 21 heavy (non-hydrogen) atoms. The highest BCUT2D eigenvalue weighted by Gasteiger charge is 2.17. The minimum Gasteiger partial charge on any atom is -0.487 e. The van der Waals surface area contributed by atoms with Crippen LogP contribution in [0.2, 0.25) is 5.02 Å². The summed E-state index contributed by atoms with van der Waals surface area (Å²) in [5.41, 5.74) is 2.24. The molecule has 5 heteroatoms. The summed E-state index contributed by atoms with van der Waals surface area (Å²) in [6, 6.07) is 12.8. The first-order valence-electron chi connectivity index (χ1n) is 6.41. The number of ether oxygens (including phenoxy) is 3. The topological polar surface area (TPSA) is 51.5 Å². The zero-order valence-electron chi connectivity index (χ0n) is 11.1. The zero-order valence-corrected chi connectivity index (χ0v) is 11.9. The van der Waals surface area contributed by atoms with Gasteiger partial charge in [-0.3, -0.25) is 0 Å². The molecule has 1 heterocycles. The Bertz CT molecular complexity index is 709. The molecular weight excluding hydrogens is 290 g/mol. The normalized spacial score (nSPS) is 13.0. The molecule has 2 aromatic carbocycles. The van der Waals surface area contributed by atoms with Gasteiger partial charge in [0.1, 0.15) is 24.2 Å². The molecule has 0 unspecified atom stereocenters. The largest absolute Gasteiger partial charge is 0.487 e.